The summed E-state index contributed by atoms with van der Waals surface area (Å²) >= 11 is 3.82. The van der Waals surface area contributed by atoms with Gasteiger partial charge < -0.3 is 9.80 Å². The zero-order valence-electron chi connectivity index (χ0n) is 44.6. The largest absolute Gasteiger partial charge is 0.309 e. The molecule has 17 rings (SSSR count). The third-order valence-corrected chi connectivity index (χ3v) is 20.1. The molecule has 2 aliphatic carbocycles. The van der Waals surface area contributed by atoms with Crippen LogP contribution in [0.2, 0.25) is 0 Å². The van der Waals surface area contributed by atoms with Crippen LogP contribution in [0.15, 0.2) is 313 Å². The number of thiophene rings is 1. The monoisotopic (exact) mass is 1080 g/mol. The minimum absolute atomic E-state index is 0.662. The van der Waals surface area contributed by atoms with Crippen LogP contribution in [-0.2, 0) is 10.8 Å². The highest BCUT2D eigenvalue weighted by Gasteiger charge is 2.54. The first-order valence-electron chi connectivity index (χ1n) is 28.2. The second-order valence-electron chi connectivity index (χ2n) is 21.8. The summed E-state index contributed by atoms with van der Waals surface area (Å²) in [4.78, 5) is 7.47. The van der Waals surface area contributed by atoms with Crippen molar-refractivity contribution in [2.75, 3.05) is 9.80 Å². The van der Waals surface area contributed by atoms with E-state index in [1.165, 1.54) is 107 Å². The zero-order chi connectivity index (χ0) is 53.9. The van der Waals surface area contributed by atoms with Gasteiger partial charge in [-0.1, -0.05) is 236 Å². The third kappa shape index (κ3) is 6.71. The number of nitrogens with zero attached hydrogens (tertiary/aromatic N) is 2. The Morgan fingerprint density at radius 1 is 0.280 bits per heavy atom. The molecule has 0 bridgehead atoms. The average molecular weight is 1080 g/mol. The predicted octanol–water partition coefficient (Wildman–Crippen LogP) is 21.3. The van der Waals surface area contributed by atoms with E-state index in [0.717, 1.165) is 34.1 Å². The second-order valence-corrected chi connectivity index (χ2v) is 23.9. The van der Waals surface area contributed by atoms with Gasteiger partial charge in [0.05, 0.1) is 26.9 Å². The number of rotatable bonds is 8. The van der Waals surface area contributed by atoms with Gasteiger partial charge in [-0.15, -0.1) is 11.3 Å². The van der Waals surface area contributed by atoms with E-state index in [2.05, 4.69) is 313 Å². The molecule has 0 unspecified atom stereocenters. The summed E-state index contributed by atoms with van der Waals surface area (Å²) in [7, 11) is 0. The van der Waals surface area contributed by atoms with E-state index in [9.17, 15) is 0 Å². The van der Waals surface area contributed by atoms with E-state index < -0.39 is 10.8 Å². The molecule has 1 aliphatic heterocycles. The highest BCUT2D eigenvalue weighted by Crippen LogP contribution is 2.67. The molecule has 3 aliphatic rings. The van der Waals surface area contributed by atoms with Gasteiger partial charge in [-0.3, -0.25) is 0 Å². The molecule has 4 heteroatoms. The van der Waals surface area contributed by atoms with Crippen LogP contribution in [0.25, 0.3) is 53.2 Å². The van der Waals surface area contributed by atoms with E-state index in [1.54, 1.807) is 0 Å². The molecule has 384 valence electrons. The Labute approximate surface area is 485 Å². The van der Waals surface area contributed by atoms with Crippen LogP contribution in [0.1, 0.15) is 44.5 Å². The van der Waals surface area contributed by atoms with Gasteiger partial charge in [0, 0.05) is 48.0 Å². The molecular weight excluding hydrogens is 1030 g/mol. The van der Waals surface area contributed by atoms with Crippen molar-refractivity contribution in [2.24, 2.45) is 0 Å². The summed E-state index contributed by atoms with van der Waals surface area (Å²) in [5.41, 5.74) is 20.7. The highest BCUT2D eigenvalue weighted by molar-refractivity contribution is 7.99. The molecule has 0 saturated carbocycles. The Hall–Kier alpha value is -9.71. The fourth-order valence-electron chi connectivity index (χ4n) is 14.4. The van der Waals surface area contributed by atoms with Crippen molar-refractivity contribution in [3.63, 3.8) is 0 Å². The molecule has 1 spiro atoms. The van der Waals surface area contributed by atoms with Crippen LogP contribution < -0.4 is 9.80 Å². The molecule has 0 saturated heterocycles. The van der Waals surface area contributed by atoms with Gasteiger partial charge >= 0.3 is 0 Å². The lowest BCUT2D eigenvalue weighted by atomic mass is 9.64. The topological polar surface area (TPSA) is 6.48 Å². The molecular formula is C78H50N2S2. The number of para-hydroxylation sites is 3. The summed E-state index contributed by atoms with van der Waals surface area (Å²) in [6.07, 6.45) is 0. The quantitative estimate of drug-likeness (QED) is 0.150. The van der Waals surface area contributed by atoms with Crippen molar-refractivity contribution in [1.82, 2.24) is 0 Å². The normalized spacial score (nSPS) is 13.8. The van der Waals surface area contributed by atoms with Crippen molar-refractivity contribution < 1.29 is 0 Å². The standard InChI is InChI=1S/C78H50N2S2/c1-6-26-53(27-7-1)77(54-28-8-2-9-29-54)68-48-58(80(57-34-14-5-15-35-57)71-42-22-38-62-64-46-51-24-16-17-25-52(51)47-73(64)81-75(62)71)44-45-61(68)63-49-74-70(50-69(63)77)78(65-39-20-18-36-59(65)60-37-19-21-40-66(60)78)67-41-23-43-72(76(67)82-74)79(55-30-10-3-11-31-55)56-32-12-4-13-33-56/h1-50H. The Balaban J connectivity index is 0.958. The maximum Gasteiger partial charge on any atom is 0.0736 e. The number of fused-ring (bicyclic) bond motifs is 16. The minimum atomic E-state index is -0.715. The zero-order valence-corrected chi connectivity index (χ0v) is 46.2. The van der Waals surface area contributed by atoms with Gasteiger partial charge in [0.2, 0.25) is 0 Å². The van der Waals surface area contributed by atoms with E-state index >= 15 is 0 Å². The molecule has 1 aromatic heterocycles. The number of hydrogen-bond acceptors (Lipinski definition) is 4. The van der Waals surface area contributed by atoms with Crippen LogP contribution in [0.3, 0.4) is 0 Å². The first kappa shape index (κ1) is 47.1. The fraction of sp³-hybridized carbons (Fsp3) is 0.0256. The average Bonchev–Trinajstić information content (AvgIpc) is 1.63. The minimum Gasteiger partial charge on any atom is -0.309 e. The highest BCUT2D eigenvalue weighted by atomic mass is 32.2. The molecule has 13 aromatic carbocycles. The lowest BCUT2D eigenvalue weighted by Crippen LogP contribution is -2.34. The van der Waals surface area contributed by atoms with Gasteiger partial charge in [0.15, 0.2) is 0 Å². The van der Waals surface area contributed by atoms with Crippen molar-refractivity contribution in [3.05, 3.63) is 348 Å². The molecule has 0 fully saturated rings. The summed E-state index contributed by atoms with van der Waals surface area (Å²) in [6.45, 7) is 0. The van der Waals surface area contributed by atoms with Gasteiger partial charge in [0.1, 0.15) is 0 Å². The Morgan fingerprint density at radius 3 is 1.39 bits per heavy atom. The van der Waals surface area contributed by atoms with Crippen LogP contribution in [0.4, 0.5) is 34.1 Å². The first-order valence-corrected chi connectivity index (χ1v) is 29.9. The van der Waals surface area contributed by atoms with Crippen LogP contribution in [0, 0.1) is 0 Å². The number of anilines is 6. The molecule has 2 nitrogen and oxygen atoms in total. The van der Waals surface area contributed by atoms with E-state index in [0.29, 0.717) is 0 Å². The molecule has 0 amide bonds. The Bertz CT molecular complexity index is 4720. The Kier molecular flexibility index (Phi) is 10.6. The van der Waals surface area contributed by atoms with Gasteiger partial charge in [-0.05, 0) is 156 Å². The SMILES string of the molecule is c1ccc(N(c2ccccc2)c2cccc3c2Sc2cc4c(cc2C32c3ccccc3-c3ccccc32)C(c2ccccc2)(c2ccccc2)c2cc(N(c3ccccc3)c3cccc5c3sc3cc6ccccc6cc35)ccc2-4)cc1. The van der Waals surface area contributed by atoms with Crippen molar-refractivity contribution >= 4 is 88.2 Å². The first-order chi connectivity index (χ1) is 40.7. The van der Waals surface area contributed by atoms with E-state index in [1.807, 2.05) is 23.1 Å². The van der Waals surface area contributed by atoms with Crippen LogP contribution in [0.5, 0.6) is 0 Å². The molecule has 2 heterocycles. The van der Waals surface area contributed by atoms with Crippen molar-refractivity contribution in [3.8, 4) is 22.3 Å². The third-order valence-electron chi connectivity index (χ3n) is 17.7. The summed E-state index contributed by atoms with van der Waals surface area (Å²) in [6, 6.07) is 114. The lowest BCUT2D eigenvalue weighted by Gasteiger charge is -2.42. The van der Waals surface area contributed by atoms with E-state index in [-0.39, 0.29) is 0 Å². The van der Waals surface area contributed by atoms with E-state index in [4.69, 9.17) is 0 Å². The number of hydrogen-bond donors (Lipinski definition) is 0. The molecule has 0 N–H and O–H groups in total. The molecule has 0 atom stereocenters. The predicted molar refractivity (Wildman–Crippen MR) is 345 cm³/mol. The maximum absolute atomic E-state index is 2.66. The fourth-order valence-corrected chi connectivity index (χ4v) is 17.0. The maximum atomic E-state index is 2.66. The summed E-state index contributed by atoms with van der Waals surface area (Å²) < 4.78 is 2.56. The lowest BCUT2D eigenvalue weighted by molar-refractivity contribution is 0.710. The number of benzene rings is 13. The van der Waals surface area contributed by atoms with Crippen molar-refractivity contribution in [2.45, 2.75) is 20.6 Å². The Morgan fingerprint density at radius 2 is 0.768 bits per heavy atom. The van der Waals surface area contributed by atoms with Crippen LogP contribution >= 0.6 is 23.1 Å². The summed E-state index contributed by atoms with van der Waals surface area (Å²) in [5.74, 6) is 0. The second kappa shape index (κ2) is 18.4. The van der Waals surface area contributed by atoms with Gasteiger partial charge in [-0.2, -0.15) is 0 Å². The molecule has 0 radical (unpaired) electrons. The van der Waals surface area contributed by atoms with Gasteiger partial charge in [0.25, 0.3) is 0 Å². The molecule has 14 aromatic rings. The van der Waals surface area contributed by atoms with Gasteiger partial charge in [-0.25, -0.2) is 0 Å². The van der Waals surface area contributed by atoms with Crippen molar-refractivity contribution in [1.29, 1.82) is 0 Å². The smallest absolute Gasteiger partial charge is 0.0736 e. The van der Waals surface area contributed by atoms with Crippen LogP contribution in [-0.4, -0.2) is 0 Å². The summed E-state index contributed by atoms with van der Waals surface area (Å²) in [5, 5.41) is 5.08. The molecule has 82 heavy (non-hydrogen) atoms.